The molecule has 0 amide bonds. The minimum Gasteiger partial charge on any atom is -0.392 e. The average Bonchev–Trinajstić information content (AvgIpc) is 2.56. The lowest BCUT2D eigenvalue weighted by atomic mass is 9.89. The predicted octanol–water partition coefficient (Wildman–Crippen LogP) is 0.141. The maximum Gasteiger partial charge on any atom is 0.253 e. The Balaban J connectivity index is 2.26. The molecule has 2 atom stereocenters. The van der Waals surface area contributed by atoms with E-state index in [-0.39, 0.29) is 5.71 Å². The SMILES string of the molecule is OCC1=NOC2(CO)CC(F)(F)CC12. The highest BCUT2D eigenvalue weighted by molar-refractivity contribution is 5.90. The van der Waals surface area contributed by atoms with Crippen molar-refractivity contribution in [2.75, 3.05) is 13.2 Å². The van der Waals surface area contributed by atoms with Gasteiger partial charge < -0.3 is 15.1 Å². The zero-order chi connectivity index (χ0) is 10.4. The molecule has 2 rings (SSSR count). The molecular formula is C8H11F2NO3. The van der Waals surface area contributed by atoms with Gasteiger partial charge in [0.15, 0.2) is 5.60 Å². The van der Waals surface area contributed by atoms with Gasteiger partial charge in [0.25, 0.3) is 5.92 Å². The van der Waals surface area contributed by atoms with Gasteiger partial charge in [-0.2, -0.15) is 0 Å². The summed E-state index contributed by atoms with van der Waals surface area (Å²) in [5.41, 5.74) is -1.10. The Morgan fingerprint density at radius 3 is 2.79 bits per heavy atom. The fraction of sp³-hybridized carbons (Fsp3) is 0.875. The number of nitrogens with zero attached hydrogens (tertiary/aromatic N) is 1. The highest BCUT2D eigenvalue weighted by Crippen LogP contribution is 2.50. The summed E-state index contributed by atoms with van der Waals surface area (Å²) >= 11 is 0. The summed E-state index contributed by atoms with van der Waals surface area (Å²) in [6, 6.07) is 0. The van der Waals surface area contributed by atoms with E-state index in [0.717, 1.165) is 0 Å². The first kappa shape index (κ1) is 9.79. The van der Waals surface area contributed by atoms with Crippen molar-refractivity contribution < 1.29 is 23.8 Å². The molecule has 0 spiro atoms. The summed E-state index contributed by atoms with van der Waals surface area (Å²) in [4.78, 5) is 4.85. The van der Waals surface area contributed by atoms with Crippen LogP contribution in [0.25, 0.3) is 0 Å². The van der Waals surface area contributed by atoms with Gasteiger partial charge in [0.05, 0.1) is 31.3 Å². The molecule has 14 heavy (non-hydrogen) atoms. The lowest BCUT2D eigenvalue weighted by Crippen LogP contribution is -2.39. The number of aliphatic hydroxyl groups excluding tert-OH is 2. The van der Waals surface area contributed by atoms with E-state index in [1.807, 2.05) is 0 Å². The first-order chi connectivity index (χ1) is 6.53. The van der Waals surface area contributed by atoms with Crippen LogP contribution in [0.15, 0.2) is 5.16 Å². The second-order valence-electron chi connectivity index (χ2n) is 3.84. The molecule has 0 aromatic carbocycles. The second-order valence-corrected chi connectivity index (χ2v) is 3.84. The molecule has 1 aliphatic carbocycles. The van der Waals surface area contributed by atoms with Gasteiger partial charge >= 0.3 is 0 Å². The predicted molar refractivity (Wildman–Crippen MR) is 43.1 cm³/mol. The van der Waals surface area contributed by atoms with Crippen LogP contribution in [0.5, 0.6) is 0 Å². The van der Waals surface area contributed by atoms with Crippen LogP contribution in [-0.2, 0) is 4.84 Å². The number of oxime groups is 1. The highest BCUT2D eigenvalue weighted by Gasteiger charge is 2.62. The van der Waals surface area contributed by atoms with Crippen LogP contribution in [0.3, 0.4) is 0 Å². The molecule has 1 aliphatic heterocycles. The molecule has 80 valence electrons. The Labute approximate surface area is 79.2 Å². The molecule has 2 N–H and O–H groups in total. The van der Waals surface area contributed by atoms with Crippen molar-refractivity contribution in [1.82, 2.24) is 0 Å². The molecule has 0 radical (unpaired) electrons. The standard InChI is InChI=1S/C8H11F2NO3/c9-8(10)1-5-6(2-12)11-14-7(5,3-8)4-13/h5,12-13H,1-4H2. The molecule has 0 aromatic rings. The highest BCUT2D eigenvalue weighted by atomic mass is 19.3. The van der Waals surface area contributed by atoms with Crippen molar-refractivity contribution in [1.29, 1.82) is 0 Å². The smallest absolute Gasteiger partial charge is 0.253 e. The number of aliphatic hydroxyl groups is 2. The number of halogens is 2. The number of alkyl halides is 2. The molecule has 0 saturated heterocycles. The van der Waals surface area contributed by atoms with E-state index in [4.69, 9.17) is 15.1 Å². The van der Waals surface area contributed by atoms with Gasteiger partial charge in [0, 0.05) is 6.42 Å². The Kier molecular flexibility index (Phi) is 2.01. The average molecular weight is 207 g/mol. The summed E-state index contributed by atoms with van der Waals surface area (Å²) in [6.07, 6.45) is -0.943. The fourth-order valence-corrected chi connectivity index (χ4v) is 2.18. The van der Waals surface area contributed by atoms with Gasteiger partial charge in [-0.15, -0.1) is 0 Å². The topological polar surface area (TPSA) is 62.1 Å². The van der Waals surface area contributed by atoms with Gasteiger partial charge in [0.2, 0.25) is 0 Å². The van der Waals surface area contributed by atoms with Crippen molar-refractivity contribution in [2.45, 2.75) is 24.4 Å². The van der Waals surface area contributed by atoms with Crippen LogP contribution >= 0.6 is 0 Å². The van der Waals surface area contributed by atoms with E-state index in [1.54, 1.807) is 0 Å². The van der Waals surface area contributed by atoms with Gasteiger partial charge in [-0.05, 0) is 0 Å². The second kappa shape index (κ2) is 2.87. The molecule has 1 fully saturated rings. The van der Waals surface area contributed by atoms with Crippen LogP contribution in [0.4, 0.5) is 8.78 Å². The first-order valence-electron chi connectivity index (χ1n) is 4.37. The van der Waals surface area contributed by atoms with E-state index in [0.29, 0.717) is 0 Å². The Morgan fingerprint density at radius 1 is 1.50 bits per heavy atom. The normalized spacial score (nSPS) is 39.1. The van der Waals surface area contributed by atoms with Crippen molar-refractivity contribution in [3.63, 3.8) is 0 Å². The molecule has 1 saturated carbocycles. The van der Waals surface area contributed by atoms with Crippen LogP contribution in [0.1, 0.15) is 12.8 Å². The summed E-state index contributed by atoms with van der Waals surface area (Å²) in [6.45, 7) is -0.900. The van der Waals surface area contributed by atoms with Gasteiger partial charge in [-0.1, -0.05) is 5.16 Å². The van der Waals surface area contributed by atoms with Crippen molar-refractivity contribution >= 4 is 5.71 Å². The van der Waals surface area contributed by atoms with Crippen molar-refractivity contribution in [3.05, 3.63) is 0 Å². The number of fused-ring (bicyclic) bond motifs is 1. The quantitative estimate of drug-likeness (QED) is 0.677. The molecule has 0 aromatic heterocycles. The molecule has 6 heteroatoms. The lowest BCUT2D eigenvalue weighted by molar-refractivity contribution is -0.0937. The maximum atomic E-state index is 13.1. The molecule has 2 unspecified atom stereocenters. The van der Waals surface area contributed by atoms with E-state index >= 15 is 0 Å². The van der Waals surface area contributed by atoms with Crippen LogP contribution in [-0.4, -0.2) is 40.7 Å². The van der Waals surface area contributed by atoms with Gasteiger partial charge in [-0.3, -0.25) is 0 Å². The molecule has 2 aliphatic rings. The lowest BCUT2D eigenvalue weighted by Gasteiger charge is -2.23. The number of rotatable bonds is 2. The summed E-state index contributed by atoms with van der Waals surface area (Å²) < 4.78 is 26.2. The van der Waals surface area contributed by atoms with E-state index in [1.165, 1.54) is 0 Å². The van der Waals surface area contributed by atoms with E-state index in [9.17, 15) is 8.78 Å². The first-order valence-corrected chi connectivity index (χ1v) is 4.37. The molecular weight excluding hydrogens is 196 g/mol. The number of hydrogen-bond acceptors (Lipinski definition) is 4. The summed E-state index contributed by atoms with van der Waals surface area (Å²) in [7, 11) is 0. The number of hydrogen-bond donors (Lipinski definition) is 2. The Morgan fingerprint density at radius 2 is 2.21 bits per heavy atom. The van der Waals surface area contributed by atoms with Crippen LogP contribution < -0.4 is 0 Å². The molecule has 1 heterocycles. The van der Waals surface area contributed by atoms with E-state index in [2.05, 4.69) is 5.16 Å². The third-order valence-electron chi connectivity index (χ3n) is 2.87. The largest absolute Gasteiger partial charge is 0.392 e. The minimum atomic E-state index is -2.84. The van der Waals surface area contributed by atoms with Crippen LogP contribution in [0.2, 0.25) is 0 Å². The zero-order valence-corrected chi connectivity index (χ0v) is 7.41. The van der Waals surface area contributed by atoms with Gasteiger partial charge in [-0.25, -0.2) is 8.78 Å². The molecule has 0 bridgehead atoms. The monoisotopic (exact) mass is 207 g/mol. The Bertz CT molecular complexity index is 282. The van der Waals surface area contributed by atoms with Crippen LogP contribution in [0, 0.1) is 5.92 Å². The minimum absolute atomic E-state index is 0.205. The summed E-state index contributed by atoms with van der Waals surface area (Å²) in [5, 5.41) is 21.4. The maximum absolute atomic E-state index is 13.1. The van der Waals surface area contributed by atoms with Crippen molar-refractivity contribution in [2.24, 2.45) is 11.1 Å². The van der Waals surface area contributed by atoms with E-state index < -0.39 is 43.5 Å². The fourth-order valence-electron chi connectivity index (χ4n) is 2.18. The van der Waals surface area contributed by atoms with Gasteiger partial charge in [0.1, 0.15) is 0 Å². The Hall–Kier alpha value is -0.750. The van der Waals surface area contributed by atoms with Crippen molar-refractivity contribution in [3.8, 4) is 0 Å². The third kappa shape index (κ3) is 1.21. The molecule has 4 nitrogen and oxygen atoms in total. The summed E-state index contributed by atoms with van der Waals surface area (Å²) in [5.74, 6) is -3.50. The zero-order valence-electron chi connectivity index (χ0n) is 7.41. The third-order valence-corrected chi connectivity index (χ3v) is 2.87.